The van der Waals surface area contributed by atoms with Gasteiger partial charge in [-0.1, -0.05) is 219 Å². The number of rotatable bonds is 45. The molecule has 0 rings (SSSR count). The van der Waals surface area contributed by atoms with Gasteiger partial charge in [0, 0.05) is 0 Å². The normalized spacial score (nSPS) is 13.6. The van der Waals surface area contributed by atoms with Crippen LogP contribution in [0.4, 0.5) is 0 Å². The van der Waals surface area contributed by atoms with Gasteiger partial charge in [0.2, 0.25) is 0 Å². The van der Waals surface area contributed by atoms with Gasteiger partial charge in [0.25, 0.3) is 15.6 Å². The monoisotopic (exact) mass is 827 g/mol. The summed E-state index contributed by atoms with van der Waals surface area (Å²) in [6, 6.07) is 0. The zero-order chi connectivity index (χ0) is 38.1. The first-order valence-corrected chi connectivity index (χ1v) is 25.5. The largest absolute Gasteiger partial charge is 1.00 e. The minimum Gasteiger partial charge on any atom is -0.756 e. The number of phosphoric acid groups is 2. The van der Waals surface area contributed by atoms with Gasteiger partial charge in [0.1, 0.15) is 0 Å². The van der Waals surface area contributed by atoms with Gasteiger partial charge in [0.15, 0.2) is 0 Å². The predicted molar refractivity (Wildman–Crippen MR) is 217 cm³/mol. The Hall–Kier alpha value is 2.22. The molecule has 54 heavy (non-hydrogen) atoms. The van der Waals surface area contributed by atoms with Crippen molar-refractivity contribution < 1.29 is 96.1 Å². The van der Waals surface area contributed by atoms with E-state index in [1.807, 2.05) is 0 Å². The molecule has 12 heteroatoms. The van der Waals surface area contributed by atoms with E-state index >= 15 is 0 Å². The van der Waals surface area contributed by atoms with Crippen LogP contribution in [0.25, 0.3) is 0 Å². The van der Waals surface area contributed by atoms with E-state index in [9.17, 15) is 18.9 Å². The van der Waals surface area contributed by atoms with Gasteiger partial charge in [-0.15, -0.1) is 0 Å². The zero-order valence-electron chi connectivity index (χ0n) is 36.4. The topological polar surface area (TPSA) is 117 Å². The van der Waals surface area contributed by atoms with Gasteiger partial charge in [-0.05, 0) is 25.7 Å². The van der Waals surface area contributed by atoms with E-state index in [-0.39, 0.29) is 85.5 Å². The van der Waals surface area contributed by atoms with Crippen LogP contribution in [0.2, 0.25) is 0 Å². The molecule has 0 bridgehead atoms. The van der Waals surface area contributed by atoms with E-state index in [1.165, 1.54) is 167 Å². The van der Waals surface area contributed by atoms with Gasteiger partial charge in [-0.3, -0.25) is 9.13 Å². The Morgan fingerprint density at radius 3 is 0.556 bits per heavy atom. The number of phosphoric ester groups is 2. The van der Waals surface area contributed by atoms with Crippen LogP contribution in [-0.4, -0.2) is 26.4 Å². The zero-order valence-corrected chi connectivity index (χ0v) is 42.2. The van der Waals surface area contributed by atoms with Crippen LogP contribution < -0.4 is 68.9 Å². The standard InChI is InChI=1S/C42H88O8P2.2Na/c1-3-5-7-9-11-13-15-17-19-21-23-25-27-29-31-35-39-47-51(43,44)49-41-37-33-34-38-42-50-52(45,46)48-40-36-32-30-28-26-24-22-20-18-16-14-12-10-8-6-4-2;;/h3-42H2,1-2H3,(H,43,44)(H,45,46);;/q;2*+1/p-2. The second-order valence-electron chi connectivity index (χ2n) is 15.2. The first kappa shape index (κ1) is 60.5. The Kier molecular flexibility index (Phi) is 53.7. The first-order valence-electron chi connectivity index (χ1n) is 22.5. The Bertz CT molecular complexity index is 748. The molecule has 0 radical (unpaired) electrons. The molecular weight excluding hydrogens is 740 g/mol. The summed E-state index contributed by atoms with van der Waals surface area (Å²) < 4.78 is 43.9. The van der Waals surface area contributed by atoms with Gasteiger partial charge in [0.05, 0.1) is 26.4 Å². The average Bonchev–Trinajstić information content (AvgIpc) is 3.12. The second-order valence-corrected chi connectivity index (χ2v) is 18.1. The Labute approximate surface area is 380 Å². The molecular formula is C42H86Na2O8P2. The Balaban J connectivity index is -0.0000130. The fourth-order valence-electron chi connectivity index (χ4n) is 6.64. The van der Waals surface area contributed by atoms with Gasteiger partial charge in [-0.25, -0.2) is 0 Å². The van der Waals surface area contributed by atoms with Crippen molar-refractivity contribution in [2.45, 2.75) is 245 Å². The molecule has 2 atom stereocenters. The molecule has 8 nitrogen and oxygen atoms in total. The summed E-state index contributed by atoms with van der Waals surface area (Å²) in [5.41, 5.74) is 0. The van der Waals surface area contributed by atoms with Gasteiger partial charge < -0.3 is 27.9 Å². The van der Waals surface area contributed by atoms with E-state index in [2.05, 4.69) is 13.8 Å². The minimum absolute atomic E-state index is 0. The molecule has 0 heterocycles. The van der Waals surface area contributed by atoms with E-state index < -0.39 is 15.6 Å². The number of hydrogen-bond acceptors (Lipinski definition) is 8. The summed E-state index contributed by atoms with van der Waals surface area (Å²) in [5, 5.41) is 0. The van der Waals surface area contributed by atoms with Crippen LogP contribution in [0.1, 0.15) is 245 Å². The van der Waals surface area contributed by atoms with Crippen LogP contribution in [0.3, 0.4) is 0 Å². The van der Waals surface area contributed by atoms with E-state index in [0.29, 0.717) is 25.7 Å². The maximum absolute atomic E-state index is 12.0. The summed E-state index contributed by atoms with van der Waals surface area (Å²) in [5.74, 6) is 0. The summed E-state index contributed by atoms with van der Waals surface area (Å²) in [7, 11) is -8.54. The summed E-state index contributed by atoms with van der Waals surface area (Å²) in [4.78, 5) is 24.0. The minimum atomic E-state index is -4.27. The Morgan fingerprint density at radius 1 is 0.278 bits per heavy atom. The molecule has 0 aliphatic heterocycles. The average molecular weight is 827 g/mol. The predicted octanol–water partition coefficient (Wildman–Crippen LogP) is 8.08. The van der Waals surface area contributed by atoms with Crippen LogP contribution in [0.5, 0.6) is 0 Å². The SMILES string of the molecule is CCCCCCCCCCCCCCCCCCOP(=O)([O-])OCCCCCCOP(=O)([O-])OCCCCCCCCCCCCCCCCCC.[Na+].[Na+]. The fourth-order valence-corrected chi connectivity index (χ4v) is 8.20. The quantitative estimate of drug-likeness (QED) is 0.0344. The molecule has 0 aromatic heterocycles. The van der Waals surface area contributed by atoms with Crippen molar-refractivity contribution in [1.82, 2.24) is 0 Å². The van der Waals surface area contributed by atoms with E-state index in [0.717, 1.165) is 38.5 Å². The molecule has 0 saturated carbocycles. The molecule has 0 fully saturated rings. The van der Waals surface area contributed by atoms with E-state index in [1.54, 1.807) is 0 Å². The third-order valence-corrected chi connectivity index (χ3v) is 12.0. The van der Waals surface area contributed by atoms with Crippen molar-refractivity contribution in [3.05, 3.63) is 0 Å². The fraction of sp³-hybridized carbons (Fsp3) is 1.00. The molecule has 0 amide bonds. The molecule has 0 aliphatic carbocycles. The maximum atomic E-state index is 12.0. The van der Waals surface area contributed by atoms with Crippen LogP contribution in [-0.2, 0) is 27.2 Å². The Morgan fingerprint density at radius 2 is 0.407 bits per heavy atom. The van der Waals surface area contributed by atoms with Gasteiger partial charge >= 0.3 is 59.1 Å². The molecule has 0 aromatic carbocycles. The van der Waals surface area contributed by atoms with Crippen molar-refractivity contribution in [3.63, 3.8) is 0 Å². The molecule has 314 valence electrons. The first-order chi connectivity index (χ1) is 25.3. The third kappa shape index (κ3) is 50.4. The maximum Gasteiger partial charge on any atom is 1.00 e. The third-order valence-electron chi connectivity index (χ3n) is 10.0. The second kappa shape index (κ2) is 47.9. The van der Waals surface area contributed by atoms with E-state index in [4.69, 9.17) is 18.1 Å². The molecule has 2 unspecified atom stereocenters. The van der Waals surface area contributed by atoms with Crippen LogP contribution >= 0.6 is 15.6 Å². The molecule has 0 N–H and O–H groups in total. The summed E-state index contributed by atoms with van der Waals surface area (Å²) in [6.45, 7) is 5.02. The summed E-state index contributed by atoms with van der Waals surface area (Å²) in [6.07, 6.45) is 43.2. The smallest absolute Gasteiger partial charge is 0.756 e. The number of hydrogen-bond donors (Lipinski definition) is 0. The van der Waals surface area contributed by atoms with Crippen molar-refractivity contribution in [1.29, 1.82) is 0 Å². The van der Waals surface area contributed by atoms with Crippen LogP contribution in [0, 0.1) is 0 Å². The van der Waals surface area contributed by atoms with Gasteiger partial charge in [-0.2, -0.15) is 0 Å². The van der Waals surface area contributed by atoms with Crippen molar-refractivity contribution >= 4 is 15.6 Å². The van der Waals surface area contributed by atoms with Crippen LogP contribution in [0.15, 0.2) is 0 Å². The summed E-state index contributed by atoms with van der Waals surface area (Å²) >= 11 is 0. The van der Waals surface area contributed by atoms with Crippen molar-refractivity contribution in [2.24, 2.45) is 0 Å². The molecule has 0 aliphatic rings. The molecule has 0 saturated heterocycles. The van der Waals surface area contributed by atoms with Crippen molar-refractivity contribution in [2.75, 3.05) is 26.4 Å². The molecule has 0 spiro atoms. The number of unbranched alkanes of at least 4 members (excludes halogenated alkanes) is 33. The molecule has 0 aromatic rings. The van der Waals surface area contributed by atoms with Crippen molar-refractivity contribution in [3.8, 4) is 0 Å².